The first-order valence-corrected chi connectivity index (χ1v) is 5.76. The molecule has 0 aliphatic rings. The highest BCUT2D eigenvalue weighted by Crippen LogP contribution is 2.19. The molecule has 102 valence electrons. The van der Waals surface area contributed by atoms with Crippen molar-refractivity contribution in [1.82, 2.24) is 15.3 Å². The van der Waals surface area contributed by atoms with Crippen molar-refractivity contribution >= 4 is 5.97 Å². The Morgan fingerprint density at radius 2 is 2.42 bits per heavy atom. The number of hydrogen-bond donors (Lipinski definition) is 1. The van der Waals surface area contributed by atoms with Gasteiger partial charge in [-0.15, -0.1) is 0 Å². The summed E-state index contributed by atoms with van der Waals surface area (Å²) in [5.74, 6) is -0.447. The Morgan fingerprint density at radius 1 is 1.63 bits per heavy atom. The summed E-state index contributed by atoms with van der Waals surface area (Å²) < 4.78 is 4.80. The predicted molar refractivity (Wildman–Crippen MR) is 68.0 cm³/mol. The number of rotatable bonds is 7. The van der Waals surface area contributed by atoms with Crippen LogP contribution in [0.5, 0.6) is 0 Å². The fourth-order valence-electron chi connectivity index (χ4n) is 1.56. The molecule has 1 aromatic rings. The monoisotopic (exact) mass is 264 g/mol. The third-order valence-electron chi connectivity index (χ3n) is 2.65. The molecule has 0 aromatic carbocycles. The molecule has 0 saturated carbocycles. The van der Waals surface area contributed by atoms with E-state index in [9.17, 15) is 4.79 Å². The van der Waals surface area contributed by atoms with Crippen LogP contribution in [0.2, 0.25) is 0 Å². The Balaban J connectivity index is 2.77. The number of nitrogens with one attached hydrogen (secondary N) is 1. The summed E-state index contributed by atoms with van der Waals surface area (Å²) in [6.07, 6.45) is 5.16. The van der Waals surface area contributed by atoms with Gasteiger partial charge in [-0.2, -0.15) is 0 Å². The maximum absolute atomic E-state index is 11.9. The fourth-order valence-corrected chi connectivity index (χ4v) is 1.56. The van der Waals surface area contributed by atoms with Crippen molar-refractivity contribution in [2.75, 3.05) is 20.2 Å². The molecule has 0 amide bonds. The molecule has 0 radical (unpaired) electrons. The second kappa shape index (κ2) is 7.30. The van der Waals surface area contributed by atoms with Crippen molar-refractivity contribution in [3.8, 4) is 0 Å². The van der Waals surface area contributed by atoms with E-state index in [1.807, 2.05) is 0 Å². The minimum Gasteiger partial charge on any atom is -0.467 e. The maximum atomic E-state index is 11.9. The topological polar surface area (TPSA) is 113 Å². The zero-order valence-electron chi connectivity index (χ0n) is 10.9. The van der Waals surface area contributed by atoms with Gasteiger partial charge in [-0.1, -0.05) is 5.11 Å². The zero-order chi connectivity index (χ0) is 14.1. The van der Waals surface area contributed by atoms with Gasteiger partial charge in [-0.3, -0.25) is 15.3 Å². The van der Waals surface area contributed by atoms with E-state index in [4.69, 9.17) is 10.3 Å². The van der Waals surface area contributed by atoms with Crippen molar-refractivity contribution in [2.24, 2.45) is 5.11 Å². The molecule has 1 rings (SSSR count). The molecule has 8 nitrogen and oxygen atoms in total. The van der Waals surface area contributed by atoms with E-state index in [1.54, 1.807) is 6.92 Å². The standard InChI is InChI=1S/C11H16N6O2/c1-11(10(18)19-2,9-8-13-6-7-14-9)15-4-3-5-16-17-12/h6-8,15H,3-5H2,1-2H3. The molecular weight excluding hydrogens is 248 g/mol. The summed E-state index contributed by atoms with van der Waals surface area (Å²) in [5.41, 5.74) is 7.58. The third-order valence-corrected chi connectivity index (χ3v) is 2.65. The minimum atomic E-state index is -1.07. The molecule has 0 spiro atoms. The molecule has 1 atom stereocenters. The smallest absolute Gasteiger partial charge is 0.332 e. The SMILES string of the molecule is COC(=O)C(C)(NCCCN=[N+]=[N-])c1cnccn1. The molecule has 0 aliphatic heterocycles. The van der Waals surface area contributed by atoms with E-state index in [2.05, 4.69) is 25.3 Å². The summed E-state index contributed by atoms with van der Waals surface area (Å²) in [7, 11) is 1.32. The number of carbonyl (C=O) groups is 1. The first-order chi connectivity index (χ1) is 9.15. The van der Waals surface area contributed by atoms with Crippen LogP contribution in [0.4, 0.5) is 0 Å². The quantitative estimate of drug-likeness (QED) is 0.261. The van der Waals surface area contributed by atoms with Gasteiger partial charge < -0.3 is 4.74 Å². The highest BCUT2D eigenvalue weighted by Gasteiger charge is 2.37. The van der Waals surface area contributed by atoms with E-state index in [-0.39, 0.29) is 0 Å². The normalized spacial score (nSPS) is 13.2. The number of azide groups is 1. The van der Waals surface area contributed by atoms with E-state index >= 15 is 0 Å². The van der Waals surface area contributed by atoms with Crippen molar-refractivity contribution < 1.29 is 9.53 Å². The lowest BCUT2D eigenvalue weighted by Crippen LogP contribution is -2.48. The van der Waals surface area contributed by atoms with Gasteiger partial charge in [0.15, 0.2) is 5.54 Å². The van der Waals surface area contributed by atoms with Crippen LogP contribution < -0.4 is 5.32 Å². The van der Waals surface area contributed by atoms with Gasteiger partial charge in [0.2, 0.25) is 0 Å². The lowest BCUT2D eigenvalue weighted by molar-refractivity contribution is -0.148. The molecule has 0 fully saturated rings. The summed E-state index contributed by atoms with van der Waals surface area (Å²) in [6.45, 7) is 2.53. The molecule has 1 N–H and O–H groups in total. The number of aromatic nitrogens is 2. The van der Waals surface area contributed by atoms with Crippen LogP contribution in [-0.4, -0.2) is 36.1 Å². The van der Waals surface area contributed by atoms with Gasteiger partial charge in [0.1, 0.15) is 0 Å². The fraction of sp³-hybridized carbons (Fsp3) is 0.545. The summed E-state index contributed by atoms with van der Waals surface area (Å²) >= 11 is 0. The van der Waals surface area contributed by atoms with Gasteiger partial charge in [0.25, 0.3) is 0 Å². The minimum absolute atomic E-state index is 0.362. The molecule has 0 saturated heterocycles. The molecular formula is C11H16N6O2. The first kappa shape index (κ1) is 14.9. The Hall–Kier alpha value is -2.18. The molecule has 1 heterocycles. The molecule has 0 aliphatic carbocycles. The lowest BCUT2D eigenvalue weighted by Gasteiger charge is -2.27. The van der Waals surface area contributed by atoms with Crippen LogP contribution >= 0.6 is 0 Å². The van der Waals surface area contributed by atoms with Crippen LogP contribution in [0.1, 0.15) is 19.0 Å². The largest absolute Gasteiger partial charge is 0.467 e. The van der Waals surface area contributed by atoms with Gasteiger partial charge in [-0.25, -0.2) is 4.79 Å². The van der Waals surface area contributed by atoms with Crippen molar-refractivity contribution in [2.45, 2.75) is 18.9 Å². The van der Waals surface area contributed by atoms with Crippen molar-refractivity contribution in [3.63, 3.8) is 0 Å². The predicted octanol–water partition coefficient (Wildman–Crippen LogP) is 1.15. The number of hydrogen-bond acceptors (Lipinski definition) is 6. The van der Waals surface area contributed by atoms with Crippen LogP contribution in [0.25, 0.3) is 10.4 Å². The number of esters is 1. The molecule has 19 heavy (non-hydrogen) atoms. The molecule has 1 unspecified atom stereocenters. The number of carbonyl (C=O) groups excluding carboxylic acids is 1. The number of methoxy groups -OCH3 is 1. The van der Waals surface area contributed by atoms with Gasteiger partial charge in [0, 0.05) is 23.9 Å². The lowest BCUT2D eigenvalue weighted by atomic mass is 9.98. The number of nitrogens with zero attached hydrogens (tertiary/aromatic N) is 5. The third kappa shape index (κ3) is 3.90. The van der Waals surface area contributed by atoms with Gasteiger partial charge >= 0.3 is 5.97 Å². The molecule has 1 aromatic heterocycles. The summed E-state index contributed by atoms with van der Waals surface area (Å²) in [6, 6.07) is 0. The summed E-state index contributed by atoms with van der Waals surface area (Å²) in [4.78, 5) is 22.7. The zero-order valence-corrected chi connectivity index (χ0v) is 10.9. The average Bonchev–Trinajstić information content (AvgIpc) is 2.46. The van der Waals surface area contributed by atoms with Crippen LogP contribution in [0, 0.1) is 0 Å². The molecule has 0 bridgehead atoms. The Morgan fingerprint density at radius 3 is 3.00 bits per heavy atom. The van der Waals surface area contributed by atoms with Crippen molar-refractivity contribution in [1.29, 1.82) is 0 Å². The molecule has 8 heteroatoms. The highest BCUT2D eigenvalue weighted by atomic mass is 16.5. The van der Waals surface area contributed by atoms with Crippen LogP contribution in [0.15, 0.2) is 23.7 Å². The van der Waals surface area contributed by atoms with Crippen LogP contribution in [-0.2, 0) is 15.1 Å². The van der Waals surface area contributed by atoms with Crippen LogP contribution in [0.3, 0.4) is 0 Å². The maximum Gasteiger partial charge on any atom is 0.332 e. The Labute approximate surface area is 110 Å². The summed E-state index contributed by atoms with van der Waals surface area (Å²) in [5, 5.41) is 6.49. The number of ether oxygens (including phenoxy) is 1. The van der Waals surface area contributed by atoms with Gasteiger partial charge in [0.05, 0.1) is 19.0 Å². The van der Waals surface area contributed by atoms with E-state index in [0.717, 1.165) is 0 Å². The van der Waals surface area contributed by atoms with E-state index in [0.29, 0.717) is 25.2 Å². The van der Waals surface area contributed by atoms with E-state index in [1.165, 1.54) is 25.7 Å². The highest BCUT2D eigenvalue weighted by molar-refractivity contribution is 5.81. The average molecular weight is 264 g/mol. The first-order valence-electron chi connectivity index (χ1n) is 5.76. The Kier molecular flexibility index (Phi) is 5.72. The second-order valence-electron chi connectivity index (χ2n) is 3.94. The van der Waals surface area contributed by atoms with Crippen molar-refractivity contribution in [3.05, 3.63) is 34.7 Å². The van der Waals surface area contributed by atoms with Gasteiger partial charge in [-0.05, 0) is 25.4 Å². The Bertz CT molecular complexity index is 460. The second-order valence-corrected chi connectivity index (χ2v) is 3.94. The van der Waals surface area contributed by atoms with E-state index < -0.39 is 11.5 Å².